The van der Waals surface area contributed by atoms with Gasteiger partial charge in [0.15, 0.2) is 11.8 Å². The highest BCUT2D eigenvalue weighted by atomic mass is 127. The van der Waals surface area contributed by atoms with E-state index < -0.39 is 0 Å². The van der Waals surface area contributed by atoms with E-state index in [4.69, 9.17) is 19.0 Å². The minimum absolute atomic E-state index is 0. The van der Waals surface area contributed by atoms with E-state index in [1.165, 1.54) is 11.1 Å². The van der Waals surface area contributed by atoms with Gasteiger partial charge in [0.1, 0.15) is 18.8 Å². The van der Waals surface area contributed by atoms with Gasteiger partial charge in [-0.3, -0.25) is 0 Å². The number of benzene rings is 1. The summed E-state index contributed by atoms with van der Waals surface area (Å²) in [5.41, 5.74) is 2.46. The fourth-order valence-electron chi connectivity index (χ4n) is 3.37. The van der Waals surface area contributed by atoms with Gasteiger partial charge in [-0.25, -0.2) is 4.99 Å². The SMILES string of the molecule is CCNC(=NCc1nc(C(C)OCC)no1)N1CCOC(c2ccccc2C)C1.I. The summed E-state index contributed by atoms with van der Waals surface area (Å²) in [6, 6.07) is 8.36. The van der Waals surface area contributed by atoms with Gasteiger partial charge < -0.3 is 24.2 Å². The van der Waals surface area contributed by atoms with Crippen molar-refractivity contribution in [3.8, 4) is 0 Å². The van der Waals surface area contributed by atoms with Gasteiger partial charge in [-0.2, -0.15) is 4.98 Å². The van der Waals surface area contributed by atoms with Crippen molar-refractivity contribution in [2.75, 3.05) is 32.8 Å². The summed E-state index contributed by atoms with van der Waals surface area (Å²) in [5, 5.41) is 7.36. The van der Waals surface area contributed by atoms with Crippen LogP contribution in [0.25, 0.3) is 0 Å². The Bertz CT molecular complexity index is 813. The molecule has 1 aliphatic heterocycles. The molecule has 0 aliphatic carbocycles. The average Bonchev–Trinajstić information content (AvgIpc) is 3.21. The molecule has 2 unspecified atom stereocenters. The molecule has 0 radical (unpaired) electrons. The van der Waals surface area contributed by atoms with Crippen LogP contribution >= 0.6 is 24.0 Å². The van der Waals surface area contributed by atoms with Crippen molar-refractivity contribution < 1.29 is 14.0 Å². The first-order valence-electron chi connectivity index (χ1n) is 10.3. The van der Waals surface area contributed by atoms with Gasteiger partial charge in [-0.1, -0.05) is 29.4 Å². The minimum atomic E-state index is -0.191. The molecule has 1 fully saturated rings. The number of aryl methyl sites for hydroxylation is 1. The Labute approximate surface area is 195 Å². The third kappa shape index (κ3) is 6.39. The van der Waals surface area contributed by atoms with Crippen LogP contribution in [0.4, 0.5) is 0 Å². The van der Waals surface area contributed by atoms with E-state index in [1.54, 1.807) is 0 Å². The fourth-order valence-corrected chi connectivity index (χ4v) is 3.37. The van der Waals surface area contributed by atoms with Crippen LogP contribution in [0, 0.1) is 6.92 Å². The van der Waals surface area contributed by atoms with Gasteiger partial charge in [0.05, 0.1) is 13.2 Å². The highest BCUT2D eigenvalue weighted by Gasteiger charge is 2.25. The van der Waals surface area contributed by atoms with Crippen LogP contribution in [0.15, 0.2) is 33.8 Å². The molecule has 166 valence electrons. The van der Waals surface area contributed by atoms with E-state index in [2.05, 4.69) is 58.5 Å². The van der Waals surface area contributed by atoms with Gasteiger partial charge in [0.25, 0.3) is 0 Å². The zero-order valence-corrected chi connectivity index (χ0v) is 20.5. The summed E-state index contributed by atoms with van der Waals surface area (Å²) in [6.07, 6.45) is -0.167. The molecule has 30 heavy (non-hydrogen) atoms. The van der Waals surface area contributed by atoms with Crippen molar-refractivity contribution in [2.45, 2.75) is 46.4 Å². The second-order valence-corrected chi connectivity index (χ2v) is 6.98. The predicted octanol–water partition coefficient (Wildman–Crippen LogP) is 3.63. The Morgan fingerprint density at radius 2 is 2.17 bits per heavy atom. The highest BCUT2D eigenvalue weighted by Crippen LogP contribution is 2.25. The molecule has 2 heterocycles. The number of morpholine rings is 1. The number of guanidine groups is 1. The summed E-state index contributed by atoms with van der Waals surface area (Å²) < 4.78 is 16.9. The molecule has 1 aliphatic rings. The molecule has 9 heteroatoms. The quantitative estimate of drug-likeness (QED) is 0.333. The summed E-state index contributed by atoms with van der Waals surface area (Å²) in [6.45, 7) is 11.9. The molecule has 1 saturated heterocycles. The molecule has 1 N–H and O–H groups in total. The van der Waals surface area contributed by atoms with Gasteiger partial charge in [0.2, 0.25) is 5.89 Å². The van der Waals surface area contributed by atoms with Crippen LogP contribution in [-0.2, 0) is 16.0 Å². The molecule has 1 aromatic heterocycles. The molecule has 0 saturated carbocycles. The second kappa shape index (κ2) is 12.2. The summed E-state index contributed by atoms with van der Waals surface area (Å²) >= 11 is 0. The minimum Gasteiger partial charge on any atom is -0.371 e. The third-order valence-electron chi connectivity index (χ3n) is 4.86. The number of ether oxygens (including phenoxy) is 2. The van der Waals surface area contributed by atoms with Gasteiger partial charge in [-0.15, -0.1) is 24.0 Å². The van der Waals surface area contributed by atoms with E-state index in [1.807, 2.05) is 13.8 Å². The molecule has 0 amide bonds. The van der Waals surface area contributed by atoms with Gasteiger partial charge in [-0.05, 0) is 38.8 Å². The Morgan fingerprint density at radius 3 is 2.90 bits per heavy atom. The number of halogens is 1. The molecule has 2 atom stereocenters. The topological polar surface area (TPSA) is 85.0 Å². The number of hydrogen-bond acceptors (Lipinski definition) is 6. The van der Waals surface area contributed by atoms with Crippen LogP contribution in [0.1, 0.15) is 55.8 Å². The molecular weight excluding hydrogens is 497 g/mol. The Kier molecular flexibility index (Phi) is 9.99. The largest absolute Gasteiger partial charge is 0.371 e. The predicted molar refractivity (Wildman–Crippen MR) is 126 cm³/mol. The maximum absolute atomic E-state index is 6.04. The zero-order chi connectivity index (χ0) is 20.6. The smallest absolute Gasteiger partial charge is 0.248 e. The number of rotatable bonds is 7. The van der Waals surface area contributed by atoms with Crippen molar-refractivity contribution in [1.82, 2.24) is 20.4 Å². The highest BCUT2D eigenvalue weighted by molar-refractivity contribution is 14.0. The maximum Gasteiger partial charge on any atom is 0.248 e. The van der Waals surface area contributed by atoms with Crippen LogP contribution in [0.5, 0.6) is 0 Å². The number of nitrogens with one attached hydrogen (secondary N) is 1. The average molecular weight is 529 g/mol. The monoisotopic (exact) mass is 529 g/mol. The lowest BCUT2D eigenvalue weighted by Crippen LogP contribution is -2.48. The van der Waals surface area contributed by atoms with Crippen molar-refractivity contribution in [3.63, 3.8) is 0 Å². The summed E-state index contributed by atoms with van der Waals surface area (Å²) in [5.74, 6) is 1.85. The number of hydrogen-bond donors (Lipinski definition) is 1. The van der Waals surface area contributed by atoms with Crippen LogP contribution in [0.3, 0.4) is 0 Å². The van der Waals surface area contributed by atoms with E-state index in [0.29, 0.717) is 31.5 Å². The van der Waals surface area contributed by atoms with Gasteiger partial charge >= 0.3 is 0 Å². The standard InChI is InChI=1S/C21H31N5O3.HI/c1-5-22-21(23-13-19-24-20(25-29-19)16(4)27-6-2)26-11-12-28-18(14-26)17-10-8-7-9-15(17)3;/h7-10,16,18H,5-6,11-14H2,1-4H3,(H,22,23);1H. The molecule has 1 aromatic carbocycles. The van der Waals surface area contributed by atoms with Crippen LogP contribution in [0.2, 0.25) is 0 Å². The maximum atomic E-state index is 6.04. The summed E-state index contributed by atoms with van der Waals surface area (Å²) in [4.78, 5) is 11.3. The number of nitrogens with zero attached hydrogens (tertiary/aromatic N) is 4. The zero-order valence-electron chi connectivity index (χ0n) is 18.1. The Hall–Kier alpha value is -1.72. The first kappa shape index (κ1) is 24.5. The van der Waals surface area contributed by atoms with E-state index >= 15 is 0 Å². The van der Waals surface area contributed by atoms with Crippen LogP contribution in [-0.4, -0.2) is 53.8 Å². The normalized spacial score (nSPS) is 18.1. The van der Waals surface area contributed by atoms with Gasteiger partial charge in [0, 0.05) is 19.7 Å². The first-order valence-corrected chi connectivity index (χ1v) is 10.3. The fraction of sp³-hybridized carbons (Fsp3) is 0.571. The Balaban J connectivity index is 0.00000320. The molecule has 3 rings (SSSR count). The summed E-state index contributed by atoms with van der Waals surface area (Å²) in [7, 11) is 0. The van der Waals surface area contributed by atoms with E-state index in [9.17, 15) is 0 Å². The Morgan fingerprint density at radius 1 is 1.37 bits per heavy atom. The lowest BCUT2D eigenvalue weighted by molar-refractivity contribution is -0.00835. The molecule has 8 nitrogen and oxygen atoms in total. The lowest BCUT2D eigenvalue weighted by Gasteiger charge is -2.35. The van der Waals surface area contributed by atoms with E-state index in [-0.39, 0.29) is 36.2 Å². The number of aliphatic imine (C=N–C) groups is 1. The molecule has 0 bridgehead atoms. The lowest BCUT2D eigenvalue weighted by atomic mass is 10.0. The molecular formula is C21H32IN5O3. The van der Waals surface area contributed by atoms with E-state index in [0.717, 1.165) is 25.6 Å². The molecule has 2 aromatic rings. The first-order chi connectivity index (χ1) is 14.1. The molecule has 0 spiro atoms. The van der Waals surface area contributed by atoms with Crippen molar-refractivity contribution in [2.24, 2.45) is 4.99 Å². The second-order valence-electron chi connectivity index (χ2n) is 6.98. The number of aromatic nitrogens is 2. The third-order valence-corrected chi connectivity index (χ3v) is 4.86. The van der Waals surface area contributed by atoms with Crippen molar-refractivity contribution in [3.05, 3.63) is 47.1 Å². The van der Waals surface area contributed by atoms with Crippen molar-refractivity contribution in [1.29, 1.82) is 0 Å². The van der Waals surface area contributed by atoms with Crippen LogP contribution < -0.4 is 5.32 Å². The van der Waals surface area contributed by atoms with Crippen molar-refractivity contribution >= 4 is 29.9 Å².